The molecule has 0 spiro atoms. The van der Waals surface area contributed by atoms with Gasteiger partial charge in [-0.3, -0.25) is 4.79 Å². The second-order valence-electron chi connectivity index (χ2n) is 3.93. The van der Waals surface area contributed by atoms with Crippen LogP contribution in [0.15, 0.2) is 18.3 Å². The van der Waals surface area contributed by atoms with Gasteiger partial charge < -0.3 is 10.4 Å². The molecule has 1 aromatic heterocycles. The summed E-state index contributed by atoms with van der Waals surface area (Å²) in [5.74, 6) is -0.00998. The molecule has 0 radical (unpaired) electrons. The Bertz CT molecular complexity index is 426. The first kappa shape index (κ1) is 13.0. The van der Waals surface area contributed by atoms with Gasteiger partial charge in [-0.25, -0.2) is 4.98 Å². The summed E-state index contributed by atoms with van der Waals surface area (Å²) in [5.41, 5.74) is 0.498. The van der Waals surface area contributed by atoms with Crippen LogP contribution in [-0.2, 0) is 4.79 Å². The first-order valence-corrected chi connectivity index (χ1v) is 5.44. The van der Waals surface area contributed by atoms with E-state index >= 15 is 0 Å². The zero-order valence-electron chi connectivity index (χ0n) is 9.68. The Morgan fingerprint density at radius 3 is 3.12 bits per heavy atom. The van der Waals surface area contributed by atoms with Gasteiger partial charge in [0.05, 0.1) is 5.56 Å². The van der Waals surface area contributed by atoms with E-state index in [0.717, 1.165) is 0 Å². The Morgan fingerprint density at radius 1 is 1.71 bits per heavy atom. The molecule has 2 N–H and O–H groups in total. The fourth-order valence-corrected chi connectivity index (χ4v) is 1.38. The lowest BCUT2D eigenvalue weighted by Gasteiger charge is -2.12. The van der Waals surface area contributed by atoms with Gasteiger partial charge in [0.25, 0.3) is 0 Å². The first-order valence-electron chi connectivity index (χ1n) is 5.44. The third kappa shape index (κ3) is 4.51. The van der Waals surface area contributed by atoms with Crippen molar-refractivity contribution in [1.29, 1.82) is 5.26 Å². The van der Waals surface area contributed by atoms with Crippen molar-refractivity contribution in [2.24, 2.45) is 5.92 Å². The van der Waals surface area contributed by atoms with Gasteiger partial charge in [-0.05, 0) is 24.5 Å². The molecule has 0 aromatic carbocycles. The fraction of sp³-hybridized carbons (Fsp3) is 0.417. The molecule has 1 rings (SSSR count). The second-order valence-corrected chi connectivity index (χ2v) is 3.93. The van der Waals surface area contributed by atoms with Gasteiger partial charge in [-0.1, -0.05) is 6.92 Å². The highest BCUT2D eigenvalue weighted by atomic mass is 16.4. The molecule has 1 heterocycles. The lowest BCUT2D eigenvalue weighted by Crippen LogP contribution is -2.14. The molecule has 0 amide bonds. The van der Waals surface area contributed by atoms with Crippen molar-refractivity contribution in [3.05, 3.63) is 23.9 Å². The molecular weight excluding hydrogens is 218 g/mol. The van der Waals surface area contributed by atoms with Crippen LogP contribution in [0.25, 0.3) is 0 Å². The van der Waals surface area contributed by atoms with Gasteiger partial charge in [-0.2, -0.15) is 5.26 Å². The average Bonchev–Trinajstić information content (AvgIpc) is 2.34. The van der Waals surface area contributed by atoms with Gasteiger partial charge in [0.2, 0.25) is 0 Å². The minimum atomic E-state index is -0.785. The molecule has 0 fully saturated rings. The van der Waals surface area contributed by atoms with Crippen molar-refractivity contribution < 1.29 is 9.90 Å². The van der Waals surface area contributed by atoms with E-state index in [-0.39, 0.29) is 12.3 Å². The van der Waals surface area contributed by atoms with E-state index in [9.17, 15) is 4.79 Å². The van der Waals surface area contributed by atoms with Crippen LogP contribution in [0, 0.1) is 17.2 Å². The summed E-state index contributed by atoms with van der Waals surface area (Å²) >= 11 is 0. The number of hydrogen-bond acceptors (Lipinski definition) is 4. The smallest absolute Gasteiger partial charge is 0.303 e. The molecule has 5 heteroatoms. The van der Waals surface area contributed by atoms with Crippen LogP contribution >= 0.6 is 0 Å². The highest BCUT2D eigenvalue weighted by Gasteiger charge is 2.07. The van der Waals surface area contributed by atoms with Gasteiger partial charge >= 0.3 is 5.97 Å². The van der Waals surface area contributed by atoms with E-state index in [4.69, 9.17) is 10.4 Å². The monoisotopic (exact) mass is 233 g/mol. The number of nitrogens with zero attached hydrogens (tertiary/aromatic N) is 2. The van der Waals surface area contributed by atoms with Crippen LogP contribution in [-0.4, -0.2) is 22.6 Å². The second kappa shape index (κ2) is 6.48. The Balaban J connectivity index is 2.45. The maximum atomic E-state index is 10.4. The third-order valence-electron chi connectivity index (χ3n) is 2.40. The zero-order valence-corrected chi connectivity index (χ0v) is 9.68. The number of nitrogens with one attached hydrogen (secondary N) is 1. The van der Waals surface area contributed by atoms with Gasteiger partial charge in [0, 0.05) is 19.2 Å². The Labute approximate surface area is 100 Å². The van der Waals surface area contributed by atoms with Crippen LogP contribution in [0.5, 0.6) is 0 Å². The van der Waals surface area contributed by atoms with Crippen molar-refractivity contribution >= 4 is 11.8 Å². The SMILES string of the molecule is CC(CCC(=O)O)CNc1ncccc1C#N. The van der Waals surface area contributed by atoms with Crippen LogP contribution in [0.2, 0.25) is 0 Å². The molecule has 0 aliphatic rings. The number of nitriles is 1. The summed E-state index contributed by atoms with van der Waals surface area (Å²) in [7, 11) is 0. The van der Waals surface area contributed by atoms with Crippen LogP contribution in [0.3, 0.4) is 0 Å². The van der Waals surface area contributed by atoms with E-state index < -0.39 is 5.97 Å². The Kier molecular flexibility index (Phi) is 4.95. The number of anilines is 1. The molecule has 0 aliphatic carbocycles. The molecule has 5 nitrogen and oxygen atoms in total. The van der Waals surface area contributed by atoms with Gasteiger partial charge in [0.15, 0.2) is 0 Å². The molecule has 0 saturated heterocycles. The highest BCUT2D eigenvalue weighted by molar-refractivity contribution is 5.66. The maximum absolute atomic E-state index is 10.4. The molecule has 1 atom stereocenters. The molecule has 0 saturated carbocycles. The summed E-state index contributed by atoms with van der Waals surface area (Å²) in [6.45, 7) is 2.57. The molecule has 1 aromatic rings. The standard InChI is InChI=1S/C12H15N3O2/c1-9(4-5-11(16)17)8-15-12-10(7-13)3-2-6-14-12/h2-3,6,9H,4-5,8H2,1H3,(H,14,15)(H,16,17). The number of carboxylic acids is 1. The van der Waals surface area contributed by atoms with Crippen LogP contribution < -0.4 is 5.32 Å². The molecule has 17 heavy (non-hydrogen) atoms. The number of pyridine rings is 1. The summed E-state index contributed by atoms with van der Waals surface area (Å²) in [6.07, 6.45) is 2.39. The van der Waals surface area contributed by atoms with E-state index in [1.807, 2.05) is 6.92 Å². The van der Waals surface area contributed by atoms with Gasteiger partial charge in [-0.15, -0.1) is 0 Å². The summed E-state index contributed by atoms with van der Waals surface area (Å²) in [4.78, 5) is 14.5. The number of rotatable bonds is 6. The van der Waals surface area contributed by atoms with Crippen molar-refractivity contribution in [1.82, 2.24) is 4.98 Å². The van der Waals surface area contributed by atoms with Gasteiger partial charge in [0.1, 0.15) is 11.9 Å². The highest BCUT2D eigenvalue weighted by Crippen LogP contribution is 2.12. The minimum Gasteiger partial charge on any atom is -0.481 e. The van der Waals surface area contributed by atoms with Crippen LogP contribution in [0.1, 0.15) is 25.3 Å². The minimum absolute atomic E-state index is 0.163. The average molecular weight is 233 g/mol. The molecular formula is C12H15N3O2. The van der Waals surface area contributed by atoms with Crippen molar-refractivity contribution in [2.75, 3.05) is 11.9 Å². The number of aliphatic carboxylic acids is 1. The van der Waals surface area contributed by atoms with Crippen molar-refractivity contribution in [3.8, 4) is 6.07 Å². The van der Waals surface area contributed by atoms with E-state index in [1.165, 1.54) is 0 Å². The van der Waals surface area contributed by atoms with Crippen molar-refractivity contribution in [3.63, 3.8) is 0 Å². The maximum Gasteiger partial charge on any atom is 0.303 e. The van der Waals surface area contributed by atoms with E-state index in [0.29, 0.717) is 24.3 Å². The predicted molar refractivity (Wildman–Crippen MR) is 63.5 cm³/mol. The Hall–Kier alpha value is -2.09. The molecule has 0 aliphatic heterocycles. The van der Waals surface area contributed by atoms with Crippen molar-refractivity contribution in [2.45, 2.75) is 19.8 Å². The third-order valence-corrected chi connectivity index (χ3v) is 2.40. The number of carbonyl (C=O) groups is 1. The lowest BCUT2D eigenvalue weighted by molar-refractivity contribution is -0.137. The van der Waals surface area contributed by atoms with E-state index in [1.54, 1.807) is 18.3 Å². The Morgan fingerprint density at radius 2 is 2.47 bits per heavy atom. The molecule has 1 unspecified atom stereocenters. The zero-order chi connectivity index (χ0) is 12.7. The number of hydrogen-bond donors (Lipinski definition) is 2. The van der Waals surface area contributed by atoms with Crippen LogP contribution in [0.4, 0.5) is 5.82 Å². The number of aromatic nitrogens is 1. The summed E-state index contributed by atoms with van der Waals surface area (Å²) in [6, 6.07) is 5.45. The molecule has 90 valence electrons. The summed E-state index contributed by atoms with van der Waals surface area (Å²) in [5, 5.41) is 20.5. The predicted octanol–water partition coefficient (Wildman–Crippen LogP) is 1.87. The topological polar surface area (TPSA) is 86.0 Å². The quantitative estimate of drug-likeness (QED) is 0.783. The lowest BCUT2D eigenvalue weighted by atomic mass is 10.1. The normalized spacial score (nSPS) is 11.5. The fourth-order valence-electron chi connectivity index (χ4n) is 1.38. The van der Waals surface area contributed by atoms with E-state index in [2.05, 4.69) is 16.4 Å². The first-order chi connectivity index (χ1) is 8.13. The largest absolute Gasteiger partial charge is 0.481 e. The summed E-state index contributed by atoms with van der Waals surface area (Å²) < 4.78 is 0. The molecule has 0 bridgehead atoms. The number of carboxylic acid groups (broad SMARTS) is 1.